The van der Waals surface area contributed by atoms with E-state index in [9.17, 15) is 0 Å². The highest BCUT2D eigenvalue weighted by Crippen LogP contribution is 2.12. The summed E-state index contributed by atoms with van der Waals surface area (Å²) in [5, 5.41) is 3.23. The molecule has 1 unspecified atom stereocenters. The lowest BCUT2D eigenvalue weighted by Crippen LogP contribution is -2.22. The Morgan fingerprint density at radius 3 is 2.88 bits per heavy atom. The maximum Gasteiger partial charge on any atom is 0.228 e. The van der Waals surface area contributed by atoms with Crippen LogP contribution in [0.3, 0.4) is 0 Å². The van der Waals surface area contributed by atoms with Gasteiger partial charge < -0.3 is 15.8 Å². The smallest absolute Gasteiger partial charge is 0.228 e. The Labute approximate surface area is 101 Å². The van der Waals surface area contributed by atoms with Crippen molar-refractivity contribution in [1.29, 1.82) is 0 Å². The molecule has 1 aliphatic rings. The highest BCUT2D eigenvalue weighted by Gasteiger charge is 2.17. The van der Waals surface area contributed by atoms with Crippen LogP contribution < -0.4 is 11.1 Å². The zero-order valence-corrected chi connectivity index (χ0v) is 10.3. The quantitative estimate of drug-likeness (QED) is 0.807. The van der Waals surface area contributed by atoms with Crippen LogP contribution in [0, 0.1) is 5.92 Å². The first-order valence-electron chi connectivity index (χ1n) is 5.98. The van der Waals surface area contributed by atoms with E-state index >= 15 is 0 Å². The van der Waals surface area contributed by atoms with Gasteiger partial charge in [-0.25, -0.2) is 0 Å². The summed E-state index contributed by atoms with van der Waals surface area (Å²) < 4.78 is 5.29. The maximum atomic E-state index is 5.68. The standard InChI is InChI=1S/C11H19N5O/c1-7(2)5-9-14-10(12)16-11(15-9)13-8-3-4-17-6-8/h7-8H,3-6H2,1-2H3,(H3,12,13,14,15,16). The fourth-order valence-electron chi connectivity index (χ4n) is 1.79. The molecule has 0 aliphatic carbocycles. The van der Waals surface area contributed by atoms with Gasteiger partial charge in [-0.15, -0.1) is 0 Å². The summed E-state index contributed by atoms with van der Waals surface area (Å²) in [4.78, 5) is 12.6. The molecule has 1 aromatic heterocycles. The van der Waals surface area contributed by atoms with Crippen molar-refractivity contribution in [3.8, 4) is 0 Å². The lowest BCUT2D eigenvalue weighted by molar-refractivity contribution is 0.195. The molecule has 0 bridgehead atoms. The van der Waals surface area contributed by atoms with Crippen LogP contribution in [-0.2, 0) is 11.2 Å². The minimum Gasteiger partial charge on any atom is -0.379 e. The molecular formula is C11H19N5O. The minimum atomic E-state index is 0.275. The van der Waals surface area contributed by atoms with E-state index in [0.717, 1.165) is 25.3 Å². The second kappa shape index (κ2) is 5.27. The second-order valence-electron chi connectivity index (χ2n) is 4.74. The van der Waals surface area contributed by atoms with Gasteiger partial charge in [0.05, 0.1) is 12.6 Å². The van der Waals surface area contributed by atoms with Gasteiger partial charge in [0.2, 0.25) is 11.9 Å². The summed E-state index contributed by atoms with van der Waals surface area (Å²) in [6.45, 7) is 5.73. The Balaban J connectivity index is 2.07. The molecular weight excluding hydrogens is 218 g/mol. The van der Waals surface area contributed by atoms with Crippen LogP contribution >= 0.6 is 0 Å². The number of nitrogens with two attached hydrogens (primary N) is 1. The van der Waals surface area contributed by atoms with Gasteiger partial charge in [0.1, 0.15) is 5.82 Å². The first-order valence-corrected chi connectivity index (χ1v) is 5.98. The number of nitrogen functional groups attached to an aromatic ring is 1. The average Bonchev–Trinajstić information content (AvgIpc) is 2.67. The molecule has 2 rings (SSSR count). The van der Waals surface area contributed by atoms with E-state index in [1.807, 2.05) is 0 Å². The van der Waals surface area contributed by atoms with Crippen LogP contribution in [0.4, 0.5) is 11.9 Å². The maximum absolute atomic E-state index is 5.68. The summed E-state index contributed by atoms with van der Waals surface area (Å²) in [7, 11) is 0. The molecule has 6 nitrogen and oxygen atoms in total. The van der Waals surface area contributed by atoms with E-state index in [-0.39, 0.29) is 12.0 Å². The minimum absolute atomic E-state index is 0.275. The monoisotopic (exact) mass is 237 g/mol. The van der Waals surface area contributed by atoms with Crippen LogP contribution in [0.25, 0.3) is 0 Å². The van der Waals surface area contributed by atoms with Gasteiger partial charge in [0, 0.05) is 13.0 Å². The number of nitrogens with one attached hydrogen (secondary N) is 1. The summed E-state index contributed by atoms with van der Waals surface area (Å²) in [5.41, 5.74) is 5.68. The summed E-state index contributed by atoms with van der Waals surface area (Å²) in [6, 6.07) is 0.281. The van der Waals surface area contributed by atoms with Crippen molar-refractivity contribution in [3.63, 3.8) is 0 Å². The fourth-order valence-corrected chi connectivity index (χ4v) is 1.79. The molecule has 1 aliphatic heterocycles. The van der Waals surface area contributed by atoms with E-state index in [1.54, 1.807) is 0 Å². The molecule has 2 heterocycles. The number of anilines is 2. The van der Waals surface area contributed by atoms with Crippen molar-refractivity contribution in [2.24, 2.45) is 5.92 Å². The van der Waals surface area contributed by atoms with E-state index in [4.69, 9.17) is 10.5 Å². The molecule has 1 saturated heterocycles. The largest absolute Gasteiger partial charge is 0.379 e. The second-order valence-corrected chi connectivity index (χ2v) is 4.74. The molecule has 1 atom stereocenters. The van der Waals surface area contributed by atoms with E-state index in [1.165, 1.54) is 0 Å². The third-order valence-electron chi connectivity index (χ3n) is 2.55. The molecule has 6 heteroatoms. The zero-order chi connectivity index (χ0) is 12.3. The van der Waals surface area contributed by atoms with Crippen molar-refractivity contribution < 1.29 is 4.74 Å². The van der Waals surface area contributed by atoms with Crippen LogP contribution in [0.15, 0.2) is 0 Å². The van der Waals surface area contributed by atoms with Crippen LogP contribution in [0.5, 0.6) is 0 Å². The SMILES string of the molecule is CC(C)Cc1nc(N)nc(NC2CCOC2)n1. The average molecular weight is 237 g/mol. The molecule has 0 saturated carbocycles. The van der Waals surface area contributed by atoms with Crippen molar-refractivity contribution in [2.45, 2.75) is 32.7 Å². The van der Waals surface area contributed by atoms with Gasteiger partial charge in [-0.1, -0.05) is 13.8 Å². The van der Waals surface area contributed by atoms with E-state index < -0.39 is 0 Å². The highest BCUT2D eigenvalue weighted by atomic mass is 16.5. The normalized spacial score (nSPS) is 19.8. The molecule has 17 heavy (non-hydrogen) atoms. The number of aromatic nitrogens is 3. The molecule has 3 N–H and O–H groups in total. The predicted molar refractivity (Wildman–Crippen MR) is 65.6 cm³/mol. The van der Waals surface area contributed by atoms with Gasteiger partial charge in [0.25, 0.3) is 0 Å². The van der Waals surface area contributed by atoms with Crippen LogP contribution in [-0.4, -0.2) is 34.2 Å². The molecule has 0 amide bonds. The highest BCUT2D eigenvalue weighted by molar-refractivity contribution is 5.32. The third-order valence-corrected chi connectivity index (χ3v) is 2.55. The first-order chi connectivity index (χ1) is 8.13. The number of nitrogens with zero attached hydrogens (tertiary/aromatic N) is 3. The van der Waals surface area contributed by atoms with Crippen LogP contribution in [0.2, 0.25) is 0 Å². The fraction of sp³-hybridized carbons (Fsp3) is 0.727. The zero-order valence-electron chi connectivity index (χ0n) is 10.3. The Morgan fingerprint density at radius 2 is 2.24 bits per heavy atom. The number of hydrogen-bond donors (Lipinski definition) is 2. The Bertz CT molecular complexity index is 376. The Hall–Kier alpha value is -1.43. The number of ether oxygens (including phenoxy) is 1. The lowest BCUT2D eigenvalue weighted by Gasteiger charge is -2.12. The summed E-state index contributed by atoms with van der Waals surface area (Å²) in [5.74, 6) is 2.08. The van der Waals surface area contributed by atoms with Crippen molar-refractivity contribution in [1.82, 2.24) is 15.0 Å². The van der Waals surface area contributed by atoms with Crippen molar-refractivity contribution in [2.75, 3.05) is 24.3 Å². The Morgan fingerprint density at radius 1 is 1.41 bits per heavy atom. The van der Waals surface area contributed by atoms with Crippen molar-refractivity contribution in [3.05, 3.63) is 5.82 Å². The van der Waals surface area contributed by atoms with Gasteiger partial charge in [-0.2, -0.15) is 15.0 Å². The van der Waals surface area contributed by atoms with Gasteiger partial charge in [-0.3, -0.25) is 0 Å². The van der Waals surface area contributed by atoms with Crippen LogP contribution in [0.1, 0.15) is 26.1 Å². The summed E-state index contributed by atoms with van der Waals surface area (Å²) in [6.07, 6.45) is 1.79. The Kier molecular flexibility index (Phi) is 3.73. The predicted octanol–water partition coefficient (Wildman–Crippen LogP) is 0.853. The van der Waals surface area contributed by atoms with Gasteiger partial charge >= 0.3 is 0 Å². The van der Waals surface area contributed by atoms with Gasteiger partial charge in [0.15, 0.2) is 0 Å². The van der Waals surface area contributed by atoms with E-state index in [0.29, 0.717) is 18.5 Å². The molecule has 94 valence electrons. The number of hydrogen-bond acceptors (Lipinski definition) is 6. The molecule has 0 radical (unpaired) electrons. The molecule has 0 aromatic carbocycles. The lowest BCUT2D eigenvalue weighted by atomic mass is 10.1. The number of rotatable bonds is 4. The van der Waals surface area contributed by atoms with E-state index in [2.05, 4.69) is 34.1 Å². The van der Waals surface area contributed by atoms with Crippen molar-refractivity contribution >= 4 is 11.9 Å². The topological polar surface area (TPSA) is 86.0 Å². The first kappa shape index (κ1) is 12.0. The summed E-state index contributed by atoms with van der Waals surface area (Å²) >= 11 is 0. The van der Waals surface area contributed by atoms with Gasteiger partial charge in [-0.05, 0) is 12.3 Å². The molecule has 1 fully saturated rings. The molecule has 0 spiro atoms. The molecule has 1 aromatic rings. The third kappa shape index (κ3) is 3.52.